The van der Waals surface area contributed by atoms with Gasteiger partial charge in [0.1, 0.15) is 30.3 Å². The van der Waals surface area contributed by atoms with Gasteiger partial charge in [-0.25, -0.2) is 4.79 Å². The summed E-state index contributed by atoms with van der Waals surface area (Å²) in [6, 6.07) is 19.7. The number of hydrogen-bond donors (Lipinski definition) is 2. The molecule has 2 aliphatic heterocycles. The van der Waals surface area contributed by atoms with Crippen LogP contribution in [0.3, 0.4) is 0 Å². The number of nitrogens with zero attached hydrogens (tertiary/aromatic N) is 2. The Kier molecular flexibility index (Phi) is 8.37. The second-order valence-corrected chi connectivity index (χ2v) is 11.2. The Morgan fingerprint density at radius 1 is 0.976 bits per heavy atom. The van der Waals surface area contributed by atoms with Crippen LogP contribution in [-0.4, -0.2) is 78.1 Å². The minimum absolute atomic E-state index is 0.187. The van der Waals surface area contributed by atoms with Gasteiger partial charge in [0, 0.05) is 52.8 Å². The number of morpholine rings is 1. The first kappa shape index (κ1) is 27.9. The van der Waals surface area contributed by atoms with Gasteiger partial charge < -0.3 is 24.3 Å². The van der Waals surface area contributed by atoms with E-state index in [1.165, 1.54) is 0 Å². The summed E-state index contributed by atoms with van der Waals surface area (Å²) < 4.78 is 17.0. The van der Waals surface area contributed by atoms with Crippen LogP contribution in [0.5, 0.6) is 11.5 Å². The SMILES string of the molecule is O=C(Oc1ccc(Cl)cc1)N1CCc2c([nH]c3ccc(Cl)cc23)C1c1ccc(OCC(O)CN2CCOCC2)cc1. The standard InChI is InChI=1S/C31H31Cl2N3O5/c32-21-3-8-25(9-4-21)41-31(38)36-12-11-26-27-17-22(33)5-10-28(27)34-29(26)30(36)20-1-6-24(7-2-20)40-19-23(37)18-35-13-15-39-16-14-35/h1-10,17,23,30,34,37H,11-16,18-19H2. The lowest BCUT2D eigenvalue weighted by Crippen LogP contribution is -2.42. The van der Waals surface area contributed by atoms with Crippen molar-refractivity contribution in [2.75, 3.05) is 46.0 Å². The van der Waals surface area contributed by atoms with Crippen molar-refractivity contribution in [1.82, 2.24) is 14.8 Å². The predicted molar refractivity (Wildman–Crippen MR) is 158 cm³/mol. The van der Waals surface area contributed by atoms with Crippen molar-refractivity contribution in [2.45, 2.75) is 18.6 Å². The van der Waals surface area contributed by atoms with Crippen molar-refractivity contribution in [3.63, 3.8) is 0 Å². The summed E-state index contributed by atoms with van der Waals surface area (Å²) in [5, 5.41) is 12.8. The van der Waals surface area contributed by atoms with Gasteiger partial charge in [0.25, 0.3) is 0 Å². The number of rotatable bonds is 7. The van der Waals surface area contributed by atoms with E-state index in [0.29, 0.717) is 54.3 Å². The Bertz CT molecular complexity index is 1500. The molecule has 2 atom stereocenters. The molecule has 1 saturated heterocycles. The number of nitrogens with one attached hydrogen (secondary N) is 1. The minimum atomic E-state index is -0.606. The van der Waals surface area contributed by atoms with Gasteiger partial charge in [0.05, 0.1) is 13.2 Å². The number of hydrogen-bond acceptors (Lipinski definition) is 6. The average Bonchev–Trinajstić information content (AvgIpc) is 3.35. The van der Waals surface area contributed by atoms with E-state index in [9.17, 15) is 9.90 Å². The van der Waals surface area contributed by atoms with E-state index >= 15 is 0 Å². The third-order valence-electron chi connectivity index (χ3n) is 7.55. The van der Waals surface area contributed by atoms with E-state index in [-0.39, 0.29) is 6.61 Å². The second kappa shape index (κ2) is 12.3. The zero-order chi connectivity index (χ0) is 28.3. The fraction of sp³-hybridized carbons (Fsp3) is 0.323. The lowest BCUT2D eigenvalue weighted by molar-refractivity contribution is 0.00465. The van der Waals surface area contributed by atoms with Gasteiger partial charge in [-0.1, -0.05) is 35.3 Å². The number of ether oxygens (including phenoxy) is 3. The van der Waals surface area contributed by atoms with E-state index in [1.807, 2.05) is 42.5 Å². The highest BCUT2D eigenvalue weighted by molar-refractivity contribution is 6.31. The quantitative estimate of drug-likeness (QED) is 0.285. The summed E-state index contributed by atoms with van der Waals surface area (Å²) in [6.07, 6.45) is -0.402. The number of fused-ring (bicyclic) bond motifs is 3. The van der Waals surface area contributed by atoms with E-state index in [0.717, 1.165) is 40.8 Å². The van der Waals surface area contributed by atoms with Gasteiger partial charge in [-0.05, 0) is 72.1 Å². The first-order chi connectivity index (χ1) is 19.9. The number of aliphatic hydroxyl groups is 1. The van der Waals surface area contributed by atoms with Gasteiger partial charge in [-0.2, -0.15) is 0 Å². The number of halogens is 2. The molecule has 0 saturated carbocycles. The summed E-state index contributed by atoms with van der Waals surface area (Å²) in [5.74, 6) is 1.07. The molecule has 1 aromatic heterocycles. The number of H-pyrrole nitrogens is 1. The smallest absolute Gasteiger partial charge is 0.416 e. The van der Waals surface area contributed by atoms with Crippen LogP contribution in [0.4, 0.5) is 4.79 Å². The third kappa shape index (κ3) is 6.32. The molecular formula is C31H31Cl2N3O5. The Labute approximate surface area is 248 Å². The van der Waals surface area contributed by atoms with Crippen LogP contribution in [0, 0.1) is 0 Å². The zero-order valence-electron chi connectivity index (χ0n) is 22.4. The highest BCUT2D eigenvalue weighted by atomic mass is 35.5. The molecule has 6 rings (SSSR count). The van der Waals surface area contributed by atoms with Crippen molar-refractivity contribution in [1.29, 1.82) is 0 Å². The Morgan fingerprint density at radius 3 is 2.44 bits per heavy atom. The first-order valence-electron chi connectivity index (χ1n) is 13.7. The van der Waals surface area contributed by atoms with E-state index in [1.54, 1.807) is 29.2 Å². The molecule has 2 unspecified atom stereocenters. The summed E-state index contributed by atoms with van der Waals surface area (Å²) in [5.41, 5.74) is 3.93. The lowest BCUT2D eigenvalue weighted by Gasteiger charge is -2.35. The second-order valence-electron chi connectivity index (χ2n) is 10.3. The van der Waals surface area contributed by atoms with Crippen molar-refractivity contribution in [3.05, 3.63) is 93.6 Å². The van der Waals surface area contributed by atoms with Crippen molar-refractivity contribution in [2.24, 2.45) is 0 Å². The Morgan fingerprint density at radius 2 is 1.68 bits per heavy atom. The molecule has 0 bridgehead atoms. The van der Waals surface area contributed by atoms with Crippen LogP contribution < -0.4 is 9.47 Å². The molecule has 4 aromatic rings. The zero-order valence-corrected chi connectivity index (χ0v) is 23.9. The number of aliphatic hydroxyl groups excluding tert-OH is 1. The largest absolute Gasteiger partial charge is 0.491 e. The number of aromatic amines is 1. The molecule has 0 aliphatic carbocycles. The number of carbonyl (C=O) groups excluding carboxylic acids is 1. The topological polar surface area (TPSA) is 87.3 Å². The predicted octanol–water partition coefficient (Wildman–Crippen LogP) is 5.69. The van der Waals surface area contributed by atoms with Crippen molar-refractivity contribution < 1.29 is 24.1 Å². The Balaban J connectivity index is 1.23. The molecule has 0 spiro atoms. The third-order valence-corrected chi connectivity index (χ3v) is 8.04. The number of benzene rings is 3. The monoisotopic (exact) mass is 595 g/mol. The molecule has 2 N–H and O–H groups in total. The molecule has 3 heterocycles. The van der Waals surface area contributed by atoms with Crippen LogP contribution in [0.25, 0.3) is 10.9 Å². The van der Waals surface area contributed by atoms with Gasteiger partial charge >= 0.3 is 6.09 Å². The summed E-state index contributed by atoms with van der Waals surface area (Å²) in [6.45, 7) is 4.19. The Hall–Kier alpha value is -3.27. The van der Waals surface area contributed by atoms with Gasteiger partial charge in [-0.3, -0.25) is 9.80 Å². The average molecular weight is 597 g/mol. The maximum atomic E-state index is 13.5. The van der Waals surface area contributed by atoms with Crippen LogP contribution >= 0.6 is 23.2 Å². The number of β-amino-alcohol motifs (C(OH)–C–C–N with tert-alkyl or cyclic N) is 1. The summed E-state index contributed by atoms with van der Waals surface area (Å²) in [4.78, 5) is 20.9. The van der Waals surface area contributed by atoms with Crippen LogP contribution in [-0.2, 0) is 11.2 Å². The molecule has 1 fully saturated rings. The molecule has 3 aromatic carbocycles. The van der Waals surface area contributed by atoms with E-state index in [2.05, 4.69) is 9.88 Å². The van der Waals surface area contributed by atoms with Crippen LogP contribution in [0.2, 0.25) is 10.0 Å². The summed E-state index contributed by atoms with van der Waals surface area (Å²) in [7, 11) is 0. The van der Waals surface area contributed by atoms with Crippen LogP contribution in [0.15, 0.2) is 66.7 Å². The van der Waals surface area contributed by atoms with Crippen molar-refractivity contribution >= 4 is 40.2 Å². The number of carbonyl (C=O) groups is 1. The van der Waals surface area contributed by atoms with Crippen LogP contribution in [0.1, 0.15) is 22.9 Å². The van der Waals surface area contributed by atoms with E-state index < -0.39 is 18.2 Å². The molecule has 0 radical (unpaired) electrons. The van der Waals surface area contributed by atoms with Gasteiger partial charge in [0.2, 0.25) is 0 Å². The highest BCUT2D eigenvalue weighted by Crippen LogP contribution is 2.40. The molecule has 10 heteroatoms. The molecule has 8 nitrogen and oxygen atoms in total. The van der Waals surface area contributed by atoms with E-state index in [4.69, 9.17) is 37.4 Å². The van der Waals surface area contributed by atoms with Gasteiger partial charge in [-0.15, -0.1) is 0 Å². The minimum Gasteiger partial charge on any atom is -0.491 e. The molecule has 214 valence electrons. The molecular weight excluding hydrogens is 565 g/mol. The highest BCUT2D eigenvalue weighted by Gasteiger charge is 2.36. The van der Waals surface area contributed by atoms with Gasteiger partial charge in [0.15, 0.2) is 0 Å². The molecule has 2 aliphatic rings. The number of aromatic nitrogens is 1. The summed E-state index contributed by atoms with van der Waals surface area (Å²) >= 11 is 12.3. The normalized spacial score (nSPS) is 18.2. The molecule has 41 heavy (non-hydrogen) atoms. The fourth-order valence-corrected chi connectivity index (χ4v) is 5.84. The lowest BCUT2D eigenvalue weighted by atomic mass is 9.92. The maximum absolute atomic E-state index is 13.5. The molecule has 1 amide bonds. The fourth-order valence-electron chi connectivity index (χ4n) is 5.54. The first-order valence-corrected chi connectivity index (χ1v) is 14.4. The number of amides is 1. The maximum Gasteiger partial charge on any atom is 0.416 e. The van der Waals surface area contributed by atoms with Crippen molar-refractivity contribution in [3.8, 4) is 11.5 Å².